The molecule has 0 fully saturated rings. The summed E-state index contributed by atoms with van der Waals surface area (Å²) in [6.07, 6.45) is 1.59. The highest BCUT2D eigenvalue weighted by Gasteiger charge is 2.02. The number of hydrogen-bond acceptors (Lipinski definition) is 6. The van der Waals surface area contributed by atoms with Gasteiger partial charge in [0, 0.05) is 0 Å². The van der Waals surface area contributed by atoms with Crippen molar-refractivity contribution in [1.29, 1.82) is 0 Å². The smallest absolute Gasteiger partial charge is 0.363 e. The van der Waals surface area contributed by atoms with E-state index in [-0.39, 0.29) is 0 Å². The van der Waals surface area contributed by atoms with Crippen LogP contribution in [0.4, 0.5) is 5.82 Å². The Kier molecular flexibility index (Phi) is 6.05. The fourth-order valence-corrected chi connectivity index (χ4v) is 2.47. The van der Waals surface area contributed by atoms with Crippen LogP contribution in [0.2, 0.25) is 10.0 Å². The van der Waals surface area contributed by atoms with Crippen molar-refractivity contribution in [2.75, 3.05) is 5.43 Å². The number of nitrogens with zero attached hydrogens (tertiary/aromatic N) is 3. The van der Waals surface area contributed by atoms with Gasteiger partial charge in [0.25, 0.3) is 0 Å². The molecule has 27 heavy (non-hydrogen) atoms. The van der Waals surface area contributed by atoms with E-state index >= 15 is 0 Å². The Balaban J connectivity index is 1.63. The topological polar surface area (TPSA) is 92.3 Å². The van der Waals surface area contributed by atoms with Crippen molar-refractivity contribution in [3.05, 3.63) is 79.8 Å². The molecule has 3 aromatic rings. The van der Waals surface area contributed by atoms with E-state index < -0.39 is 5.69 Å². The van der Waals surface area contributed by atoms with E-state index in [1.807, 2.05) is 30.3 Å². The number of aromatic nitrogens is 3. The molecular formula is C18H15Cl2N5O2. The summed E-state index contributed by atoms with van der Waals surface area (Å²) in [6.45, 7) is 2.07. The molecule has 1 heterocycles. The second-order valence-electron chi connectivity index (χ2n) is 5.55. The summed E-state index contributed by atoms with van der Waals surface area (Å²) in [7, 11) is 0. The fourth-order valence-electron chi connectivity index (χ4n) is 2.15. The van der Waals surface area contributed by atoms with Crippen molar-refractivity contribution in [1.82, 2.24) is 15.2 Å². The van der Waals surface area contributed by atoms with Gasteiger partial charge in [-0.3, -0.25) is 5.43 Å². The van der Waals surface area contributed by atoms with Crippen molar-refractivity contribution < 1.29 is 4.74 Å². The van der Waals surface area contributed by atoms with Crippen LogP contribution in [0, 0.1) is 6.92 Å². The number of ether oxygens (including phenoxy) is 1. The quantitative estimate of drug-likeness (QED) is 0.482. The van der Waals surface area contributed by atoms with Crippen molar-refractivity contribution in [3.63, 3.8) is 0 Å². The lowest BCUT2D eigenvalue weighted by Crippen LogP contribution is -2.15. The number of aryl methyl sites for hydroxylation is 1. The lowest BCUT2D eigenvalue weighted by atomic mass is 10.2. The predicted molar refractivity (Wildman–Crippen MR) is 106 cm³/mol. The van der Waals surface area contributed by atoms with Gasteiger partial charge in [0.1, 0.15) is 18.1 Å². The average Bonchev–Trinajstić information content (AvgIpc) is 2.66. The zero-order valence-corrected chi connectivity index (χ0v) is 15.8. The maximum atomic E-state index is 11.2. The third kappa shape index (κ3) is 5.29. The zero-order chi connectivity index (χ0) is 19.2. The Labute approximate surface area is 165 Å². The fraction of sp³-hybridized carbons (Fsp3) is 0.111. The number of hydrogen-bond donors (Lipinski definition) is 2. The standard InChI is InChI=1S/C18H15Cl2N5O2/c1-11-17(22-18(26)25-23-11)24-21-9-12-3-2-4-14(7-12)27-10-13-5-6-15(19)16(20)8-13/h2-9H,10H2,1H3,(H2,22,24,25,26)/b21-9-. The van der Waals surface area contributed by atoms with Crippen molar-refractivity contribution >= 4 is 35.2 Å². The molecule has 0 radical (unpaired) electrons. The van der Waals surface area contributed by atoms with E-state index in [0.717, 1.165) is 11.1 Å². The van der Waals surface area contributed by atoms with Crippen LogP contribution < -0.4 is 15.9 Å². The van der Waals surface area contributed by atoms with Crippen LogP contribution in [0.5, 0.6) is 5.75 Å². The number of nitrogens with one attached hydrogen (secondary N) is 2. The van der Waals surface area contributed by atoms with Crippen LogP contribution in [0.15, 0.2) is 52.4 Å². The first-order valence-corrected chi connectivity index (χ1v) is 8.66. The second kappa shape index (κ2) is 8.66. The molecule has 2 N–H and O–H groups in total. The number of anilines is 1. The minimum Gasteiger partial charge on any atom is -0.489 e. The second-order valence-corrected chi connectivity index (χ2v) is 6.37. The molecule has 7 nitrogen and oxygen atoms in total. The molecule has 0 aliphatic heterocycles. The van der Waals surface area contributed by atoms with Gasteiger partial charge in [-0.2, -0.15) is 15.2 Å². The number of halogens is 2. The molecule has 0 unspecified atom stereocenters. The summed E-state index contributed by atoms with van der Waals surface area (Å²) in [6, 6.07) is 12.8. The van der Waals surface area contributed by atoms with Gasteiger partial charge in [-0.1, -0.05) is 41.4 Å². The molecule has 0 spiro atoms. The minimum atomic E-state index is -0.545. The normalized spacial score (nSPS) is 10.9. The Morgan fingerprint density at radius 3 is 2.89 bits per heavy atom. The van der Waals surface area contributed by atoms with Gasteiger partial charge in [0.2, 0.25) is 0 Å². The van der Waals surface area contributed by atoms with Gasteiger partial charge >= 0.3 is 5.69 Å². The van der Waals surface area contributed by atoms with Gasteiger partial charge < -0.3 is 4.74 Å². The number of aromatic amines is 1. The number of hydrazone groups is 1. The molecule has 0 amide bonds. The van der Waals surface area contributed by atoms with E-state index in [1.54, 1.807) is 25.3 Å². The van der Waals surface area contributed by atoms with Crippen LogP contribution in [-0.2, 0) is 6.61 Å². The highest BCUT2D eigenvalue weighted by Crippen LogP contribution is 2.23. The lowest BCUT2D eigenvalue weighted by molar-refractivity contribution is 0.306. The molecular weight excluding hydrogens is 389 g/mol. The largest absolute Gasteiger partial charge is 0.489 e. The SMILES string of the molecule is Cc1n[nH]c(=O)nc1N/N=C\c1cccc(OCc2ccc(Cl)c(Cl)c2)c1. The molecule has 138 valence electrons. The van der Waals surface area contributed by atoms with E-state index in [0.29, 0.717) is 33.9 Å². The summed E-state index contributed by atoms with van der Waals surface area (Å²) in [5.74, 6) is 0.971. The number of rotatable bonds is 6. The predicted octanol–water partition coefficient (Wildman–Crippen LogP) is 3.81. The first kappa shape index (κ1) is 18.9. The van der Waals surface area contributed by atoms with Gasteiger partial charge in [-0.25, -0.2) is 9.89 Å². The van der Waals surface area contributed by atoms with Crippen LogP contribution in [0.3, 0.4) is 0 Å². The van der Waals surface area contributed by atoms with E-state index in [9.17, 15) is 4.79 Å². The maximum Gasteiger partial charge on any atom is 0.363 e. The Hall–Kier alpha value is -2.90. The van der Waals surface area contributed by atoms with Crippen LogP contribution in [0.1, 0.15) is 16.8 Å². The third-order valence-corrected chi connectivity index (χ3v) is 4.25. The number of benzene rings is 2. The first-order valence-electron chi connectivity index (χ1n) is 7.90. The summed E-state index contributed by atoms with van der Waals surface area (Å²) >= 11 is 11.9. The van der Waals surface area contributed by atoms with Crippen molar-refractivity contribution in [3.8, 4) is 5.75 Å². The molecule has 2 aromatic carbocycles. The van der Waals surface area contributed by atoms with E-state index in [4.69, 9.17) is 27.9 Å². The molecule has 0 saturated heterocycles. The third-order valence-electron chi connectivity index (χ3n) is 3.51. The molecule has 1 aromatic heterocycles. The Morgan fingerprint density at radius 2 is 2.07 bits per heavy atom. The molecule has 9 heteroatoms. The minimum absolute atomic E-state index is 0.294. The van der Waals surface area contributed by atoms with Crippen molar-refractivity contribution in [2.45, 2.75) is 13.5 Å². The Bertz CT molecular complexity index is 1040. The summed E-state index contributed by atoms with van der Waals surface area (Å²) < 4.78 is 5.78. The van der Waals surface area contributed by atoms with E-state index in [1.165, 1.54) is 0 Å². The van der Waals surface area contributed by atoms with Gasteiger partial charge in [-0.15, -0.1) is 0 Å². The highest BCUT2D eigenvalue weighted by atomic mass is 35.5. The molecule has 0 aliphatic rings. The van der Waals surface area contributed by atoms with Crippen LogP contribution in [0.25, 0.3) is 0 Å². The first-order chi connectivity index (χ1) is 13.0. The summed E-state index contributed by atoms with van der Waals surface area (Å²) in [4.78, 5) is 15.0. The van der Waals surface area contributed by atoms with E-state index in [2.05, 4.69) is 25.7 Å². The monoisotopic (exact) mass is 403 g/mol. The van der Waals surface area contributed by atoms with Gasteiger partial charge in [-0.05, 0) is 42.3 Å². The van der Waals surface area contributed by atoms with Gasteiger partial charge in [0.15, 0.2) is 5.82 Å². The molecule has 0 aliphatic carbocycles. The number of H-pyrrole nitrogens is 1. The van der Waals surface area contributed by atoms with Crippen molar-refractivity contribution in [2.24, 2.45) is 5.10 Å². The molecule has 0 saturated carbocycles. The van der Waals surface area contributed by atoms with Gasteiger partial charge in [0.05, 0.1) is 16.3 Å². The summed E-state index contributed by atoms with van der Waals surface area (Å²) in [5.41, 5.74) is 4.41. The maximum absolute atomic E-state index is 11.2. The average molecular weight is 404 g/mol. The molecule has 3 rings (SSSR count). The van der Waals surface area contributed by atoms with Crippen LogP contribution >= 0.6 is 23.2 Å². The summed E-state index contributed by atoms with van der Waals surface area (Å²) in [5, 5.41) is 11.1. The zero-order valence-electron chi connectivity index (χ0n) is 14.2. The van der Waals surface area contributed by atoms with Crippen LogP contribution in [-0.4, -0.2) is 21.4 Å². The highest BCUT2D eigenvalue weighted by molar-refractivity contribution is 6.42. The Morgan fingerprint density at radius 1 is 1.22 bits per heavy atom. The molecule has 0 atom stereocenters. The molecule has 0 bridgehead atoms. The lowest BCUT2D eigenvalue weighted by Gasteiger charge is -2.08.